The van der Waals surface area contributed by atoms with Crippen molar-refractivity contribution in [3.05, 3.63) is 38.4 Å². The molecule has 108 valence electrons. The summed E-state index contributed by atoms with van der Waals surface area (Å²) < 4.78 is 0. The molecule has 8 nitrogen and oxygen atoms in total. The fourth-order valence-electron chi connectivity index (χ4n) is 2.29. The van der Waals surface area contributed by atoms with Gasteiger partial charge < -0.3 is 10.6 Å². The third-order valence-corrected chi connectivity index (χ3v) is 3.32. The van der Waals surface area contributed by atoms with E-state index in [0.29, 0.717) is 5.69 Å². The van der Waals surface area contributed by atoms with Gasteiger partial charge in [0, 0.05) is 12.1 Å². The normalized spacial score (nSPS) is 19.1. The van der Waals surface area contributed by atoms with Gasteiger partial charge in [0.15, 0.2) is 0 Å². The van der Waals surface area contributed by atoms with E-state index in [1.54, 1.807) is 0 Å². The van der Waals surface area contributed by atoms with Crippen LogP contribution in [0.2, 0.25) is 0 Å². The minimum atomic E-state index is -0.633. The van der Waals surface area contributed by atoms with Crippen LogP contribution >= 0.6 is 0 Å². The van der Waals surface area contributed by atoms with Crippen molar-refractivity contribution >= 4 is 17.1 Å². The van der Waals surface area contributed by atoms with Crippen molar-refractivity contribution in [2.45, 2.75) is 25.3 Å². The summed E-state index contributed by atoms with van der Waals surface area (Å²) in [5.74, 6) is 0. The molecule has 0 aromatic heterocycles. The second-order valence-electron chi connectivity index (χ2n) is 4.74. The van der Waals surface area contributed by atoms with Gasteiger partial charge >= 0.3 is 0 Å². The topological polar surface area (TPSA) is 110 Å². The molecule has 8 heteroatoms. The Hall–Kier alpha value is -2.22. The number of nitro groups is 2. The monoisotopic (exact) mass is 280 g/mol. The number of nitrogens with zero attached hydrogens (tertiary/aromatic N) is 2. The van der Waals surface area contributed by atoms with E-state index < -0.39 is 9.85 Å². The molecule has 20 heavy (non-hydrogen) atoms. The van der Waals surface area contributed by atoms with Crippen molar-refractivity contribution in [3.8, 4) is 0 Å². The highest BCUT2D eigenvalue weighted by atomic mass is 16.6. The molecule has 1 heterocycles. The molecule has 0 bridgehead atoms. The van der Waals surface area contributed by atoms with Gasteiger partial charge in [-0.25, -0.2) is 0 Å². The summed E-state index contributed by atoms with van der Waals surface area (Å²) in [6, 6.07) is 3.83. The van der Waals surface area contributed by atoms with Crippen LogP contribution in [0.1, 0.15) is 19.3 Å². The molecule has 1 aromatic carbocycles. The fourth-order valence-corrected chi connectivity index (χ4v) is 2.29. The average Bonchev–Trinajstić information content (AvgIpc) is 2.67. The summed E-state index contributed by atoms with van der Waals surface area (Å²) in [6.07, 6.45) is 2.79. The smallest absolute Gasteiger partial charge is 0.299 e. The SMILES string of the molecule is O=[N+]([O-])c1ccc(NC2CCCNCC2)c([N+](=O)[O-])c1. The van der Waals surface area contributed by atoms with Crippen LogP contribution in [0.25, 0.3) is 0 Å². The van der Waals surface area contributed by atoms with E-state index in [1.807, 2.05) is 0 Å². The van der Waals surface area contributed by atoms with Gasteiger partial charge in [0.2, 0.25) is 0 Å². The maximum absolute atomic E-state index is 11.0. The average molecular weight is 280 g/mol. The highest BCUT2D eigenvalue weighted by Crippen LogP contribution is 2.30. The molecule has 0 radical (unpaired) electrons. The van der Waals surface area contributed by atoms with Gasteiger partial charge in [-0.1, -0.05) is 0 Å². The second kappa shape index (κ2) is 6.29. The quantitative estimate of drug-likeness (QED) is 0.645. The maximum Gasteiger partial charge on any atom is 0.299 e. The molecule has 1 aliphatic heterocycles. The van der Waals surface area contributed by atoms with Gasteiger partial charge in [-0.15, -0.1) is 0 Å². The Morgan fingerprint density at radius 1 is 1.15 bits per heavy atom. The minimum absolute atomic E-state index is 0.144. The third-order valence-electron chi connectivity index (χ3n) is 3.32. The van der Waals surface area contributed by atoms with Crippen molar-refractivity contribution in [1.82, 2.24) is 5.32 Å². The Balaban J connectivity index is 2.21. The van der Waals surface area contributed by atoms with Crippen LogP contribution in [0.3, 0.4) is 0 Å². The minimum Gasteiger partial charge on any atom is -0.377 e. The van der Waals surface area contributed by atoms with Crippen molar-refractivity contribution in [2.75, 3.05) is 18.4 Å². The van der Waals surface area contributed by atoms with E-state index in [1.165, 1.54) is 12.1 Å². The Morgan fingerprint density at radius 2 is 1.95 bits per heavy atom. The zero-order valence-electron chi connectivity index (χ0n) is 10.9. The van der Waals surface area contributed by atoms with Gasteiger partial charge in [-0.05, 0) is 38.4 Å². The summed E-state index contributed by atoms with van der Waals surface area (Å²) in [4.78, 5) is 20.5. The lowest BCUT2D eigenvalue weighted by molar-refractivity contribution is -0.393. The molecule has 0 amide bonds. The first-order valence-electron chi connectivity index (χ1n) is 6.48. The molecule has 0 spiro atoms. The maximum atomic E-state index is 11.0. The van der Waals surface area contributed by atoms with Crippen LogP contribution in [0.15, 0.2) is 18.2 Å². The highest BCUT2D eigenvalue weighted by molar-refractivity contribution is 5.65. The summed E-state index contributed by atoms with van der Waals surface area (Å²) in [5, 5.41) is 28.1. The summed E-state index contributed by atoms with van der Waals surface area (Å²) in [6.45, 7) is 1.80. The van der Waals surface area contributed by atoms with Crippen molar-refractivity contribution in [2.24, 2.45) is 0 Å². The standard InChI is InChI=1S/C12H16N4O4/c17-15(18)10-3-4-11(12(8-10)16(19)20)14-9-2-1-6-13-7-5-9/h3-4,8-9,13-14H,1-2,5-7H2. The molecule has 2 N–H and O–H groups in total. The van der Waals surface area contributed by atoms with Gasteiger partial charge in [-0.2, -0.15) is 0 Å². The summed E-state index contributed by atoms with van der Waals surface area (Å²) in [7, 11) is 0. The molecule has 1 saturated heterocycles. The highest BCUT2D eigenvalue weighted by Gasteiger charge is 2.21. The number of nitro benzene ring substituents is 2. The van der Waals surface area contributed by atoms with E-state index in [4.69, 9.17) is 0 Å². The van der Waals surface area contributed by atoms with Gasteiger partial charge in [0.25, 0.3) is 11.4 Å². The first-order valence-corrected chi connectivity index (χ1v) is 6.48. The molecule has 0 aliphatic carbocycles. The van der Waals surface area contributed by atoms with Crippen LogP contribution in [0, 0.1) is 20.2 Å². The molecule has 1 aliphatic rings. The van der Waals surface area contributed by atoms with Gasteiger partial charge in [-0.3, -0.25) is 20.2 Å². The molecule has 1 unspecified atom stereocenters. The molecule has 1 fully saturated rings. The Morgan fingerprint density at radius 3 is 2.65 bits per heavy atom. The Kier molecular flexibility index (Phi) is 4.46. The number of rotatable bonds is 4. The Bertz CT molecular complexity index is 512. The Labute approximate surface area is 115 Å². The van der Waals surface area contributed by atoms with Crippen LogP contribution < -0.4 is 10.6 Å². The van der Waals surface area contributed by atoms with Crippen molar-refractivity contribution in [3.63, 3.8) is 0 Å². The van der Waals surface area contributed by atoms with E-state index >= 15 is 0 Å². The van der Waals surface area contributed by atoms with Crippen LogP contribution in [0.4, 0.5) is 17.1 Å². The predicted octanol–water partition coefficient (Wildman–Crippen LogP) is 2.06. The van der Waals surface area contributed by atoms with E-state index in [-0.39, 0.29) is 17.4 Å². The summed E-state index contributed by atoms with van der Waals surface area (Å²) in [5.41, 5.74) is -0.186. The molecule has 1 atom stereocenters. The van der Waals surface area contributed by atoms with Crippen LogP contribution in [-0.4, -0.2) is 29.0 Å². The molecule has 1 aromatic rings. The lowest BCUT2D eigenvalue weighted by atomic mass is 10.1. The fraction of sp³-hybridized carbons (Fsp3) is 0.500. The zero-order chi connectivity index (χ0) is 14.5. The van der Waals surface area contributed by atoms with Gasteiger partial charge in [0.1, 0.15) is 5.69 Å². The molecule has 0 saturated carbocycles. The van der Waals surface area contributed by atoms with Crippen LogP contribution in [-0.2, 0) is 0 Å². The molecular weight excluding hydrogens is 264 g/mol. The predicted molar refractivity (Wildman–Crippen MR) is 73.9 cm³/mol. The largest absolute Gasteiger partial charge is 0.377 e. The van der Waals surface area contributed by atoms with E-state index in [0.717, 1.165) is 38.4 Å². The number of hydrogen-bond acceptors (Lipinski definition) is 6. The number of hydrogen-bond donors (Lipinski definition) is 2. The zero-order valence-corrected chi connectivity index (χ0v) is 10.9. The van der Waals surface area contributed by atoms with E-state index in [9.17, 15) is 20.2 Å². The first-order chi connectivity index (χ1) is 9.58. The number of anilines is 1. The van der Waals surface area contributed by atoms with Crippen LogP contribution in [0.5, 0.6) is 0 Å². The summed E-state index contributed by atoms with van der Waals surface area (Å²) >= 11 is 0. The van der Waals surface area contributed by atoms with Gasteiger partial charge in [0.05, 0.1) is 15.9 Å². The number of benzene rings is 1. The van der Waals surface area contributed by atoms with Crippen molar-refractivity contribution < 1.29 is 9.85 Å². The van der Waals surface area contributed by atoms with Crippen molar-refractivity contribution in [1.29, 1.82) is 0 Å². The second-order valence-corrected chi connectivity index (χ2v) is 4.74. The first kappa shape index (κ1) is 14.2. The number of non-ortho nitro benzene ring substituents is 1. The lowest BCUT2D eigenvalue weighted by Crippen LogP contribution is -2.22. The molecular formula is C12H16N4O4. The molecule has 2 rings (SSSR count). The lowest BCUT2D eigenvalue weighted by Gasteiger charge is -2.17. The van der Waals surface area contributed by atoms with E-state index in [2.05, 4.69) is 10.6 Å². The number of nitrogens with one attached hydrogen (secondary N) is 2. The third kappa shape index (κ3) is 3.41.